The highest BCUT2D eigenvalue weighted by Crippen LogP contribution is 2.29. The monoisotopic (exact) mass is 453 g/mol. The van der Waals surface area contributed by atoms with Gasteiger partial charge in [-0.25, -0.2) is 13.9 Å². The lowest BCUT2D eigenvalue weighted by atomic mass is 10.0. The van der Waals surface area contributed by atoms with Gasteiger partial charge in [-0.2, -0.15) is 0 Å². The average molecular weight is 453 g/mol. The molecule has 33 heavy (non-hydrogen) atoms. The van der Waals surface area contributed by atoms with Gasteiger partial charge in [0.2, 0.25) is 5.91 Å². The molecule has 0 radical (unpaired) electrons. The number of benzene rings is 2. The van der Waals surface area contributed by atoms with Gasteiger partial charge in [0.05, 0.1) is 25.3 Å². The van der Waals surface area contributed by atoms with Crippen LogP contribution in [0.4, 0.5) is 14.9 Å². The molecule has 172 valence electrons. The Morgan fingerprint density at radius 1 is 1.21 bits per heavy atom. The Bertz CT molecular complexity index is 1150. The number of aromatic nitrogens is 4. The number of carbonyl (C=O) groups excluding carboxylic acids is 2. The normalized spacial score (nSPS) is 15.5. The molecular formula is C22H24FN7O3. The number of nitrogens with one attached hydrogen (secondary N) is 2. The molecule has 2 N–H and O–H groups in total. The minimum atomic E-state index is -0.563. The smallest absolute Gasteiger partial charge is 0.414 e. The number of rotatable bonds is 8. The first-order valence-electron chi connectivity index (χ1n) is 10.4. The van der Waals surface area contributed by atoms with E-state index in [1.54, 1.807) is 23.9 Å². The van der Waals surface area contributed by atoms with Crippen LogP contribution in [0.1, 0.15) is 18.3 Å². The number of tetrazole rings is 1. The predicted octanol–water partition coefficient (Wildman–Crippen LogP) is 1.77. The van der Waals surface area contributed by atoms with Crippen molar-refractivity contribution in [3.63, 3.8) is 0 Å². The Kier molecular flexibility index (Phi) is 6.59. The van der Waals surface area contributed by atoms with E-state index in [1.807, 2.05) is 24.3 Å². The zero-order valence-electron chi connectivity index (χ0n) is 18.3. The quantitative estimate of drug-likeness (QED) is 0.534. The maximum atomic E-state index is 14.9. The maximum absolute atomic E-state index is 14.9. The van der Waals surface area contributed by atoms with E-state index in [0.717, 1.165) is 17.0 Å². The van der Waals surface area contributed by atoms with Crippen molar-refractivity contribution < 1.29 is 18.7 Å². The largest absolute Gasteiger partial charge is 0.442 e. The van der Waals surface area contributed by atoms with Gasteiger partial charge in [0.15, 0.2) is 5.82 Å². The number of hydrogen-bond acceptors (Lipinski definition) is 7. The molecule has 11 heteroatoms. The van der Waals surface area contributed by atoms with Crippen LogP contribution in [0.2, 0.25) is 0 Å². The second-order valence-corrected chi connectivity index (χ2v) is 7.74. The van der Waals surface area contributed by atoms with Gasteiger partial charge in [-0.05, 0) is 39.8 Å². The molecule has 1 saturated heterocycles. The van der Waals surface area contributed by atoms with Crippen molar-refractivity contribution >= 4 is 17.7 Å². The highest BCUT2D eigenvalue weighted by atomic mass is 19.1. The first-order valence-corrected chi connectivity index (χ1v) is 10.4. The summed E-state index contributed by atoms with van der Waals surface area (Å²) < 4.78 is 21.7. The highest BCUT2D eigenvalue weighted by molar-refractivity contribution is 5.90. The van der Waals surface area contributed by atoms with Gasteiger partial charge in [0.1, 0.15) is 11.9 Å². The van der Waals surface area contributed by atoms with Crippen LogP contribution in [0, 0.1) is 5.82 Å². The third-order valence-corrected chi connectivity index (χ3v) is 5.30. The van der Waals surface area contributed by atoms with Crippen LogP contribution in [0.5, 0.6) is 0 Å². The first kappa shape index (κ1) is 22.3. The standard InChI is InChI=1S/C22H24FN7O3/c1-14(31)25-11-18-13-30(22(32)33-18)17-7-8-19(20(23)9-17)16-5-3-15(4-6-16)10-24-12-21-26-27-28-29(21)2/h3-9,18,24H,10-13H2,1-2H3,(H,25,31). The lowest BCUT2D eigenvalue weighted by Gasteiger charge is -2.15. The Balaban J connectivity index is 1.38. The van der Waals surface area contributed by atoms with Crippen molar-refractivity contribution in [2.45, 2.75) is 26.1 Å². The van der Waals surface area contributed by atoms with E-state index in [1.165, 1.54) is 17.9 Å². The molecule has 0 spiro atoms. The molecule has 1 fully saturated rings. The van der Waals surface area contributed by atoms with Gasteiger partial charge in [-0.15, -0.1) is 5.10 Å². The van der Waals surface area contributed by atoms with Gasteiger partial charge in [-0.3, -0.25) is 9.69 Å². The van der Waals surface area contributed by atoms with E-state index in [4.69, 9.17) is 4.74 Å². The van der Waals surface area contributed by atoms with E-state index >= 15 is 0 Å². The van der Waals surface area contributed by atoms with E-state index in [9.17, 15) is 14.0 Å². The van der Waals surface area contributed by atoms with Crippen molar-refractivity contribution in [1.29, 1.82) is 0 Å². The number of amides is 2. The third kappa shape index (κ3) is 5.32. The van der Waals surface area contributed by atoms with Gasteiger partial charge < -0.3 is 15.4 Å². The Labute approximate surface area is 189 Å². The lowest BCUT2D eigenvalue weighted by Crippen LogP contribution is -2.33. The molecule has 0 aliphatic carbocycles. The van der Waals surface area contributed by atoms with Gasteiger partial charge in [0, 0.05) is 26.1 Å². The topological polar surface area (TPSA) is 114 Å². The second kappa shape index (κ2) is 9.74. The van der Waals surface area contributed by atoms with Gasteiger partial charge in [-0.1, -0.05) is 24.3 Å². The number of cyclic esters (lactones) is 1. The van der Waals surface area contributed by atoms with Crippen LogP contribution in [0.15, 0.2) is 42.5 Å². The molecule has 2 heterocycles. The summed E-state index contributed by atoms with van der Waals surface area (Å²) in [4.78, 5) is 24.6. The van der Waals surface area contributed by atoms with Crippen LogP contribution < -0.4 is 15.5 Å². The summed E-state index contributed by atoms with van der Waals surface area (Å²) in [6.45, 7) is 3.00. The minimum absolute atomic E-state index is 0.204. The van der Waals surface area contributed by atoms with Crippen molar-refractivity contribution in [1.82, 2.24) is 30.8 Å². The Hall–Kier alpha value is -3.86. The molecule has 2 amide bonds. The third-order valence-electron chi connectivity index (χ3n) is 5.30. The SMILES string of the molecule is CC(=O)NCC1CN(c2ccc(-c3ccc(CNCc4nnnn4C)cc3)c(F)c2)C(=O)O1. The fourth-order valence-corrected chi connectivity index (χ4v) is 3.52. The molecular weight excluding hydrogens is 429 g/mol. The Morgan fingerprint density at radius 2 is 2.00 bits per heavy atom. The molecule has 0 saturated carbocycles. The van der Waals surface area contributed by atoms with Crippen LogP contribution in [-0.4, -0.2) is 51.4 Å². The molecule has 1 unspecified atom stereocenters. The predicted molar refractivity (Wildman–Crippen MR) is 117 cm³/mol. The number of aryl methyl sites for hydroxylation is 1. The molecule has 0 bridgehead atoms. The van der Waals surface area contributed by atoms with E-state index in [-0.39, 0.29) is 19.0 Å². The zero-order valence-corrected chi connectivity index (χ0v) is 18.3. The van der Waals surface area contributed by atoms with Gasteiger partial charge in [0.25, 0.3) is 0 Å². The minimum Gasteiger partial charge on any atom is -0.442 e. The first-order chi connectivity index (χ1) is 15.9. The molecule has 1 aliphatic heterocycles. The van der Waals surface area contributed by atoms with Crippen LogP contribution in [0.3, 0.4) is 0 Å². The van der Waals surface area contributed by atoms with Crippen LogP contribution in [-0.2, 0) is 29.7 Å². The highest BCUT2D eigenvalue weighted by Gasteiger charge is 2.32. The van der Waals surface area contributed by atoms with Crippen LogP contribution >= 0.6 is 0 Å². The summed E-state index contributed by atoms with van der Waals surface area (Å²) in [7, 11) is 1.78. The summed E-state index contributed by atoms with van der Waals surface area (Å²) in [5, 5.41) is 17.2. The van der Waals surface area contributed by atoms with Crippen molar-refractivity contribution in [3.05, 3.63) is 59.7 Å². The maximum Gasteiger partial charge on any atom is 0.414 e. The number of halogens is 1. The van der Waals surface area contributed by atoms with Crippen molar-refractivity contribution in [2.24, 2.45) is 7.05 Å². The summed E-state index contributed by atoms with van der Waals surface area (Å²) in [5.41, 5.74) is 2.61. The number of ether oxygens (including phenoxy) is 1. The molecule has 4 rings (SSSR count). The molecule has 1 atom stereocenters. The molecule has 1 aromatic heterocycles. The zero-order chi connectivity index (χ0) is 23.4. The fourth-order valence-electron chi connectivity index (χ4n) is 3.52. The van der Waals surface area contributed by atoms with E-state index < -0.39 is 18.0 Å². The summed E-state index contributed by atoms with van der Waals surface area (Å²) in [5.74, 6) is 0.0905. The van der Waals surface area contributed by atoms with Crippen molar-refractivity contribution in [3.8, 4) is 11.1 Å². The number of anilines is 1. The lowest BCUT2D eigenvalue weighted by molar-refractivity contribution is -0.119. The van der Waals surface area contributed by atoms with E-state index in [2.05, 4.69) is 26.2 Å². The number of carbonyl (C=O) groups is 2. The van der Waals surface area contributed by atoms with Crippen LogP contribution in [0.25, 0.3) is 11.1 Å². The molecule has 3 aromatic rings. The van der Waals surface area contributed by atoms with Gasteiger partial charge >= 0.3 is 6.09 Å². The molecule has 1 aliphatic rings. The summed E-state index contributed by atoms with van der Waals surface area (Å²) >= 11 is 0. The Morgan fingerprint density at radius 3 is 2.67 bits per heavy atom. The van der Waals surface area contributed by atoms with E-state index in [0.29, 0.717) is 24.3 Å². The molecule has 2 aromatic carbocycles. The second-order valence-electron chi connectivity index (χ2n) is 7.74. The van der Waals surface area contributed by atoms with Crippen molar-refractivity contribution in [2.75, 3.05) is 18.0 Å². The summed E-state index contributed by atoms with van der Waals surface area (Å²) in [6.07, 6.45) is -1.04. The number of hydrogen-bond donors (Lipinski definition) is 2. The number of nitrogens with zero attached hydrogens (tertiary/aromatic N) is 5. The fraction of sp³-hybridized carbons (Fsp3) is 0.318. The summed E-state index contributed by atoms with van der Waals surface area (Å²) in [6, 6.07) is 12.2. The average Bonchev–Trinajstić information content (AvgIpc) is 3.38. The molecule has 10 nitrogen and oxygen atoms in total.